The van der Waals surface area contributed by atoms with Gasteiger partial charge in [-0.05, 0) is 25.1 Å². The van der Waals surface area contributed by atoms with Crippen molar-refractivity contribution in [2.45, 2.75) is 6.92 Å². The smallest absolute Gasteiger partial charge is 0.434 e. The number of hydrogen-bond donors (Lipinski definition) is 0. The van der Waals surface area contributed by atoms with Gasteiger partial charge < -0.3 is 14.2 Å². The quantitative estimate of drug-likeness (QED) is 0.471. The summed E-state index contributed by atoms with van der Waals surface area (Å²) >= 11 is 0. The Labute approximate surface area is 108 Å². The number of carbonyl (C=O) groups excluding carboxylic acids is 2. The van der Waals surface area contributed by atoms with Crippen molar-refractivity contribution >= 4 is 22.9 Å². The zero-order chi connectivity index (χ0) is 13.4. The minimum atomic E-state index is -0.770. The topological polar surface area (TPSA) is 61.8 Å². The number of rotatable bonds is 2. The van der Waals surface area contributed by atoms with Crippen LogP contribution < -0.4 is 9.47 Å². The number of hydrogen-bond acceptors (Lipinski definition) is 5. The summed E-state index contributed by atoms with van der Waals surface area (Å²) in [5.41, 5.74) is 0.474. The van der Waals surface area contributed by atoms with Crippen LogP contribution in [0.25, 0.3) is 10.8 Å². The molecule has 96 valence electrons. The summed E-state index contributed by atoms with van der Waals surface area (Å²) in [5.74, 6) is 0.429. The molecule has 0 aromatic heterocycles. The van der Waals surface area contributed by atoms with Gasteiger partial charge in [-0.25, -0.2) is 9.59 Å². The monoisotopic (exact) mass is 258 g/mol. The summed E-state index contributed by atoms with van der Waals surface area (Å²) in [7, 11) is 0. The van der Waals surface area contributed by atoms with Gasteiger partial charge in [0.25, 0.3) is 0 Å². The van der Waals surface area contributed by atoms with Crippen LogP contribution in [0.2, 0.25) is 0 Å². The highest BCUT2D eigenvalue weighted by Gasteiger charge is 2.25. The van der Waals surface area contributed by atoms with Crippen LogP contribution in [0, 0.1) is 0 Å². The second-order valence-electron chi connectivity index (χ2n) is 3.96. The molecule has 0 atom stereocenters. The summed E-state index contributed by atoms with van der Waals surface area (Å²) in [6, 6.07) is 8.34. The lowest BCUT2D eigenvalue weighted by Gasteiger charge is -2.07. The van der Waals surface area contributed by atoms with E-state index < -0.39 is 12.1 Å². The predicted molar refractivity (Wildman–Crippen MR) is 66.6 cm³/mol. The van der Waals surface area contributed by atoms with E-state index in [1.165, 1.54) is 0 Å². The molecule has 0 unspecified atom stereocenters. The fourth-order valence-electron chi connectivity index (χ4n) is 2.08. The molecular weight excluding hydrogens is 248 g/mol. The lowest BCUT2D eigenvalue weighted by Crippen LogP contribution is -2.10. The molecule has 0 bridgehead atoms. The molecule has 0 fully saturated rings. The average Bonchev–Trinajstić information content (AvgIpc) is 2.72. The largest absolute Gasteiger partial charge is 0.513 e. The first-order valence-corrected chi connectivity index (χ1v) is 5.83. The molecule has 0 aliphatic carbocycles. The van der Waals surface area contributed by atoms with Crippen LogP contribution in [-0.4, -0.2) is 18.7 Å². The van der Waals surface area contributed by atoms with Gasteiger partial charge in [-0.3, -0.25) is 0 Å². The van der Waals surface area contributed by atoms with Crippen LogP contribution in [0.5, 0.6) is 11.5 Å². The maximum atomic E-state index is 11.6. The van der Waals surface area contributed by atoms with Crippen molar-refractivity contribution in [3.8, 4) is 11.5 Å². The van der Waals surface area contributed by atoms with Crippen LogP contribution in [-0.2, 0) is 4.74 Å². The highest BCUT2D eigenvalue weighted by molar-refractivity contribution is 6.14. The van der Waals surface area contributed by atoms with Gasteiger partial charge >= 0.3 is 12.1 Å². The van der Waals surface area contributed by atoms with Gasteiger partial charge in [0, 0.05) is 10.8 Å². The Morgan fingerprint density at radius 3 is 2.89 bits per heavy atom. The Morgan fingerprint density at radius 1 is 1.26 bits per heavy atom. The molecule has 0 saturated carbocycles. The third-order valence-electron chi connectivity index (χ3n) is 2.84. The van der Waals surface area contributed by atoms with Gasteiger partial charge in [0.1, 0.15) is 11.5 Å². The Balaban J connectivity index is 2.11. The first-order chi connectivity index (χ1) is 9.20. The van der Waals surface area contributed by atoms with E-state index >= 15 is 0 Å². The zero-order valence-electron chi connectivity index (χ0n) is 10.1. The number of carbonyl (C=O) groups is 2. The minimum absolute atomic E-state index is 0.238. The Morgan fingerprint density at radius 2 is 2.11 bits per heavy atom. The normalized spacial score (nSPS) is 12.4. The molecule has 5 nitrogen and oxygen atoms in total. The van der Waals surface area contributed by atoms with Crippen LogP contribution >= 0.6 is 0 Å². The third-order valence-corrected chi connectivity index (χ3v) is 2.84. The summed E-state index contributed by atoms with van der Waals surface area (Å²) < 4.78 is 15.0. The molecule has 5 heteroatoms. The fourth-order valence-corrected chi connectivity index (χ4v) is 2.08. The molecule has 1 aliphatic rings. The lowest BCUT2D eigenvalue weighted by atomic mass is 10.0. The van der Waals surface area contributed by atoms with E-state index in [9.17, 15) is 9.59 Å². The van der Waals surface area contributed by atoms with E-state index in [1.807, 2.05) is 0 Å². The highest BCUT2D eigenvalue weighted by atomic mass is 16.7. The van der Waals surface area contributed by atoms with Crippen molar-refractivity contribution < 1.29 is 23.8 Å². The van der Waals surface area contributed by atoms with E-state index in [0.717, 1.165) is 0 Å². The first kappa shape index (κ1) is 11.5. The van der Waals surface area contributed by atoms with Gasteiger partial charge in [0.05, 0.1) is 12.2 Å². The molecule has 0 spiro atoms. The molecule has 0 N–H and O–H groups in total. The summed E-state index contributed by atoms with van der Waals surface area (Å²) in [6.07, 6.45) is -0.770. The highest BCUT2D eigenvalue weighted by Crippen LogP contribution is 2.39. The predicted octanol–water partition coefficient (Wildman–Crippen LogP) is 2.91. The van der Waals surface area contributed by atoms with Crippen LogP contribution in [0.1, 0.15) is 17.3 Å². The summed E-state index contributed by atoms with van der Waals surface area (Å²) in [5, 5.41) is 1.31. The molecule has 0 radical (unpaired) electrons. The molecular formula is C14H10O5. The van der Waals surface area contributed by atoms with E-state index in [4.69, 9.17) is 14.2 Å². The maximum absolute atomic E-state index is 11.6. The van der Waals surface area contributed by atoms with Gasteiger partial charge in [0.15, 0.2) is 0 Å². The van der Waals surface area contributed by atoms with Crippen LogP contribution in [0.4, 0.5) is 4.79 Å². The molecule has 1 aliphatic heterocycles. The molecule has 2 aromatic rings. The van der Waals surface area contributed by atoms with Crippen molar-refractivity contribution in [3.05, 3.63) is 35.9 Å². The maximum Gasteiger partial charge on any atom is 0.513 e. The lowest BCUT2D eigenvalue weighted by molar-refractivity contribution is 0.0753. The van der Waals surface area contributed by atoms with Gasteiger partial charge in [0.2, 0.25) is 0 Å². The van der Waals surface area contributed by atoms with Gasteiger partial charge in [-0.1, -0.05) is 12.1 Å². The molecule has 0 amide bonds. The van der Waals surface area contributed by atoms with Crippen LogP contribution in [0.15, 0.2) is 30.3 Å². The molecule has 2 aromatic carbocycles. The van der Waals surface area contributed by atoms with Crippen molar-refractivity contribution in [2.75, 3.05) is 6.61 Å². The van der Waals surface area contributed by atoms with Crippen molar-refractivity contribution in [1.29, 1.82) is 0 Å². The average molecular weight is 258 g/mol. The third kappa shape index (κ3) is 1.79. The molecule has 0 saturated heterocycles. The fraction of sp³-hybridized carbons (Fsp3) is 0.143. The van der Waals surface area contributed by atoms with Crippen molar-refractivity contribution in [3.63, 3.8) is 0 Å². The van der Waals surface area contributed by atoms with E-state index in [-0.39, 0.29) is 6.61 Å². The van der Waals surface area contributed by atoms with E-state index in [1.54, 1.807) is 37.3 Å². The van der Waals surface area contributed by atoms with E-state index in [2.05, 4.69) is 0 Å². The second-order valence-corrected chi connectivity index (χ2v) is 3.96. The van der Waals surface area contributed by atoms with E-state index in [0.29, 0.717) is 27.8 Å². The van der Waals surface area contributed by atoms with Crippen molar-refractivity contribution in [2.24, 2.45) is 0 Å². The van der Waals surface area contributed by atoms with Crippen molar-refractivity contribution in [1.82, 2.24) is 0 Å². The number of ether oxygens (including phenoxy) is 3. The second kappa shape index (κ2) is 4.28. The first-order valence-electron chi connectivity index (χ1n) is 5.83. The Bertz CT molecular complexity index is 690. The summed E-state index contributed by atoms with van der Waals surface area (Å²) in [6.45, 7) is 1.93. The number of benzene rings is 2. The van der Waals surface area contributed by atoms with Gasteiger partial charge in [-0.2, -0.15) is 0 Å². The SMILES string of the molecule is CCOC(=O)Oc1ccc2c3c(cccc13)C(=O)O2. The minimum Gasteiger partial charge on any atom is -0.434 e. The van der Waals surface area contributed by atoms with Crippen LogP contribution in [0.3, 0.4) is 0 Å². The summed E-state index contributed by atoms with van der Waals surface area (Å²) in [4.78, 5) is 23.0. The molecule has 3 rings (SSSR count). The Kier molecular flexibility index (Phi) is 2.59. The standard InChI is InChI=1S/C14H10O5/c1-2-17-14(16)19-10-6-7-11-12-8(10)4-3-5-9(12)13(15)18-11/h3-7H,2H2,1H3. The number of esters is 1. The zero-order valence-corrected chi connectivity index (χ0v) is 10.1. The Hall–Kier alpha value is -2.56. The van der Waals surface area contributed by atoms with Gasteiger partial charge in [-0.15, -0.1) is 0 Å². The molecule has 19 heavy (non-hydrogen) atoms. The molecule has 1 heterocycles.